The number of nitrogens with two attached hydrogens (primary N) is 1. The molecule has 2 N–H and O–H groups in total. The number of allylic oxidation sites excluding steroid dienone is 2. The largest absolute Gasteiger partial charge is 0.450 e. The molecule has 0 aromatic carbocycles. The molecule has 1 aromatic rings. The summed E-state index contributed by atoms with van der Waals surface area (Å²) in [5.41, 5.74) is 5.93. The Morgan fingerprint density at radius 3 is 2.61 bits per heavy atom. The van der Waals surface area contributed by atoms with Gasteiger partial charge in [-0.15, -0.1) is 0 Å². The summed E-state index contributed by atoms with van der Waals surface area (Å²) in [6, 6.07) is 9.61. The molecule has 1 aliphatic carbocycles. The van der Waals surface area contributed by atoms with Crippen LogP contribution in [0, 0.1) is 45.3 Å². The summed E-state index contributed by atoms with van der Waals surface area (Å²) in [5, 5.41) is 29.6. The lowest BCUT2D eigenvalue weighted by atomic mass is 9.58. The third-order valence-corrected chi connectivity index (χ3v) is 5.26. The monoisotopic (exact) mass is 374 g/mol. The maximum absolute atomic E-state index is 12.3. The molecule has 0 saturated carbocycles. The van der Waals surface area contributed by atoms with Gasteiger partial charge in [-0.2, -0.15) is 15.8 Å². The van der Waals surface area contributed by atoms with Crippen LogP contribution in [0.1, 0.15) is 18.4 Å². The van der Waals surface area contributed by atoms with Crippen LogP contribution in [-0.2, 0) is 4.74 Å². The number of hydrogen-bond donors (Lipinski definition) is 1. The van der Waals surface area contributed by atoms with Crippen molar-refractivity contribution in [2.45, 2.75) is 12.8 Å². The highest BCUT2D eigenvalue weighted by Crippen LogP contribution is 2.54. The molecule has 0 unspecified atom stereocenters. The lowest BCUT2D eigenvalue weighted by Crippen LogP contribution is -2.49. The van der Waals surface area contributed by atoms with Crippen molar-refractivity contribution in [2.24, 2.45) is 17.1 Å². The number of fused-ring (bicyclic) bond motifs is 1. The molecule has 1 amide bonds. The summed E-state index contributed by atoms with van der Waals surface area (Å²) in [6.45, 7) is 2.43. The Labute approximate surface area is 162 Å². The van der Waals surface area contributed by atoms with E-state index < -0.39 is 23.3 Å². The average Bonchev–Trinajstić information content (AvgIpc) is 2.73. The fraction of sp³-hybridized carbons (Fsp3) is 0.350. The molecule has 0 saturated heterocycles. The standard InChI is InChI=1S/C20H18N6O2/c1-2-28-19(27)26-8-5-14-15(9-21)18(24)20(11-22,12-23)17(16(14)10-26)13-3-6-25-7-4-13/h3-7,16-17H,2,8,10,24H2,1H3/t16-,17-/m0/s1. The maximum Gasteiger partial charge on any atom is 0.410 e. The highest BCUT2D eigenvalue weighted by atomic mass is 16.6. The molecule has 28 heavy (non-hydrogen) atoms. The first-order valence-electron chi connectivity index (χ1n) is 8.78. The second kappa shape index (κ2) is 7.42. The molecule has 0 fully saturated rings. The normalized spacial score (nSPS) is 22.8. The van der Waals surface area contributed by atoms with Gasteiger partial charge >= 0.3 is 6.09 Å². The van der Waals surface area contributed by atoms with Gasteiger partial charge in [0.2, 0.25) is 0 Å². The van der Waals surface area contributed by atoms with Crippen LogP contribution >= 0.6 is 0 Å². The molecule has 2 aliphatic rings. The zero-order valence-corrected chi connectivity index (χ0v) is 15.3. The van der Waals surface area contributed by atoms with E-state index in [-0.39, 0.29) is 31.0 Å². The van der Waals surface area contributed by atoms with Crippen molar-refractivity contribution in [2.75, 3.05) is 19.7 Å². The van der Waals surface area contributed by atoms with E-state index in [0.29, 0.717) is 11.1 Å². The molecule has 2 atom stereocenters. The van der Waals surface area contributed by atoms with Gasteiger partial charge < -0.3 is 15.4 Å². The molecular weight excluding hydrogens is 356 g/mol. The molecule has 0 spiro atoms. The summed E-state index contributed by atoms with van der Waals surface area (Å²) in [6.07, 6.45) is 4.42. The van der Waals surface area contributed by atoms with Crippen molar-refractivity contribution in [1.29, 1.82) is 15.8 Å². The van der Waals surface area contributed by atoms with Crippen LogP contribution in [0.25, 0.3) is 0 Å². The van der Waals surface area contributed by atoms with Crippen LogP contribution in [0.15, 0.2) is 47.4 Å². The molecule has 1 aromatic heterocycles. The molecule has 8 nitrogen and oxygen atoms in total. The van der Waals surface area contributed by atoms with Crippen LogP contribution < -0.4 is 5.73 Å². The third kappa shape index (κ3) is 2.74. The van der Waals surface area contributed by atoms with E-state index >= 15 is 0 Å². The van der Waals surface area contributed by atoms with Crippen molar-refractivity contribution in [3.8, 4) is 18.2 Å². The van der Waals surface area contributed by atoms with Gasteiger partial charge in [0.05, 0.1) is 30.0 Å². The lowest BCUT2D eigenvalue weighted by Gasteiger charge is -2.45. The summed E-state index contributed by atoms with van der Waals surface area (Å²) in [5.74, 6) is -1.12. The van der Waals surface area contributed by atoms with Crippen molar-refractivity contribution < 1.29 is 9.53 Å². The minimum atomic E-state index is -1.73. The van der Waals surface area contributed by atoms with Gasteiger partial charge in [0.15, 0.2) is 5.41 Å². The van der Waals surface area contributed by atoms with Crippen molar-refractivity contribution >= 4 is 6.09 Å². The summed E-state index contributed by atoms with van der Waals surface area (Å²) >= 11 is 0. The van der Waals surface area contributed by atoms with Crippen LogP contribution in [0.5, 0.6) is 0 Å². The van der Waals surface area contributed by atoms with Crippen molar-refractivity contribution in [3.63, 3.8) is 0 Å². The van der Waals surface area contributed by atoms with E-state index in [2.05, 4.69) is 23.2 Å². The highest BCUT2D eigenvalue weighted by Gasteiger charge is 2.54. The number of aromatic nitrogens is 1. The number of rotatable bonds is 2. The van der Waals surface area contributed by atoms with Gasteiger partial charge in [-0.25, -0.2) is 4.79 Å². The van der Waals surface area contributed by atoms with Gasteiger partial charge in [-0.05, 0) is 30.2 Å². The number of amides is 1. The van der Waals surface area contributed by atoms with Gasteiger partial charge in [-0.1, -0.05) is 6.08 Å². The maximum atomic E-state index is 12.3. The quantitative estimate of drug-likeness (QED) is 0.834. The summed E-state index contributed by atoms with van der Waals surface area (Å²) in [4.78, 5) is 17.8. The lowest BCUT2D eigenvalue weighted by molar-refractivity contribution is 0.0999. The fourth-order valence-corrected chi connectivity index (χ4v) is 3.99. The predicted octanol–water partition coefficient (Wildman–Crippen LogP) is 1.96. The minimum Gasteiger partial charge on any atom is -0.450 e. The minimum absolute atomic E-state index is 0.0473. The van der Waals surface area contributed by atoms with Gasteiger partial charge in [0, 0.05) is 37.3 Å². The number of carbonyl (C=O) groups is 1. The first kappa shape index (κ1) is 18.9. The summed E-state index contributed by atoms with van der Waals surface area (Å²) in [7, 11) is 0. The van der Waals surface area contributed by atoms with Crippen molar-refractivity contribution in [3.05, 3.63) is 53.0 Å². The molecule has 1 aliphatic heterocycles. The van der Waals surface area contributed by atoms with E-state index in [1.807, 2.05) is 0 Å². The molecule has 0 bridgehead atoms. The van der Waals surface area contributed by atoms with Gasteiger partial charge in [0.25, 0.3) is 0 Å². The van der Waals surface area contributed by atoms with Crippen molar-refractivity contribution in [1.82, 2.24) is 9.88 Å². The van der Waals surface area contributed by atoms with E-state index in [1.54, 1.807) is 37.5 Å². The SMILES string of the molecule is CCOC(=O)N1CC=C2C(C#N)=C(N)C(C#N)(C#N)[C@@H](c3ccncc3)[C@H]2C1. The second-order valence-corrected chi connectivity index (χ2v) is 6.56. The van der Waals surface area contributed by atoms with Crippen LogP contribution in [-0.4, -0.2) is 35.7 Å². The topological polar surface area (TPSA) is 140 Å². The number of ether oxygens (including phenoxy) is 1. The van der Waals surface area contributed by atoms with E-state index in [9.17, 15) is 20.6 Å². The molecule has 3 rings (SSSR count). The molecule has 0 radical (unpaired) electrons. The predicted molar refractivity (Wildman–Crippen MR) is 97.6 cm³/mol. The first-order chi connectivity index (χ1) is 13.5. The number of carbonyl (C=O) groups excluding carboxylic acids is 1. The van der Waals surface area contributed by atoms with E-state index in [4.69, 9.17) is 10.5 Å². The van der Waals surface area contributed by atoms with Crippen LogP contribution in [0.2, 0.25) is 0 Å². The molecule has 8 heteroatoms. The molecular formula is C20H18N6O2. The Bertz CT molecular complexity index is 963. The Balaban J connectivity index is 2.22. The van der Waals surface area contributed by atoms with E-state index in [0.717, 1.165) is 0 Å². The van der Waals surface area contributed by atoms with Crippen LogP contribution in [0.4, 0.5) is 4.79 Å². The third-order valence-electron chi connectivity index (χ3n) is 5.26. The van der Waals surface area contributed by atoms with Crippen LogP contribution in [0.3, 0.4) is 0 Å². The Morgan fingerprint density at radius 1 is 1.36 bits per heavy atom. The zero-order valence-electron chi connectivity index (χ0n) is 15.3. The smallest absolute Gasteiger partial charge is 0.410 e. The fourth-order valence-electron chi connectivity index (χ4n) is 3.99. The highest BCUT2D eigenvalue weighted by molar-refractivity contribution is 5.69. The number of nitrogens with zero attached hydrogens (tertiary/aromatic N) is 5. The Morgan fingerprint density at radius 2 is 2.04 bits per heavy atom. The molecule has 140 valence electrons. The van der Waals surface area contributed by atoms with Gasteiger partial charge in [-0.3, -0.25) is 4.98 Å². The number of pyridine rings is 1. The number of nitriles is 3. The average molecular weight is 374 g/mol. The summed E-state index contributed by atoms with van der Waals surface area (Å²) < 4.78 is 5.10. The zero-order chi connectivity index (χ0) is 20.3. The Kier molecular flexibility index (Phi) is 5.02. The van der Waals surface area contributed by atoms with Gasteiger partial charge in [0.1, 0.15) is 6.07 Å². The number of hydrogen-bond acceptors (Lipinski definition) is 7. The van der Waals surface area contributed by atoms with E-state index in [1.165, 1.54) is 4.90 Å². The first-order valence-corrected chi connectivity index (χ1v) is 8.78. The second-order valence-electron chi connectivity index (χ2n) is 6.56. The Hall–Kier alpha value is -3.83. The molecule has 2 heterocycles.